The van der Waals surface area contributed by atoms with Crippen LogP contribution in [-0.2, 0) is 26.7 Å². The van der Waals surface area contributed by atoms with Gasteiger partial charge in [-0.15, -0.1) is 0 Å². The second kappa shape index (κ2) is 7.60. The standard InChI is InChI=1S/C17H23N7O3/c1-21(2)17(27)23-7-4-8-24-13(11-23)9-12(19-24)10-18-16(26)14-5-6-15(25)22(3)20-14/h5-6,9H,4,7-8,10-11H2,1-3H3,(H,18,26). The lowest BCUT2D eigenvalue weighted by atomic mass is 10.3. The van der Waals surface area contributed by atoms with E-state index in [-0.39, 0.29) is 29.7 Å². The Morgan fingerprint density at radius 2 is 2.00 bits per heavy atom. The van der Waals surface area contributed by atoms with Gasteiger partial charge in [-0.05, 0) is 18.6 Å². The molecule has 0 aliphatic carbocycles. The summed E-state index contributed by atoms with van der Waals surface area (Å²) < 4.78 is 3.00. The molecule has 3 heterocycles. The highest BCUT2D eigenvalue weighted by Gasteiger charge is 2.21. The van der Waals surface area contributed by atoms with Crippen LogP contribution in [0.4, 0.5) is 4.79 Å². The molecule has 1 aliphatic rings. The van der Waals surface area contributed by atoms with Crippen molar-refractivity contribution in [2.75, 3.05) is 20.6 Å². The minimum absolute atomic E-state index is 0.0275. The van der Waals surface area contributed by atoms with Crippen molar-refractivity contribution in [2.24, 2.45) is 7.05 Å². The van der Waals surface area contributed by atoms with Gasteiger partial charge in [-0.3, -0.25) is 14.3 Å². The topological polar surface area (TPSA) is 105 Å². The fourth-order valence-corrected chi connectivity index (χ4v) is 2.94. The quantitative estimate of drug-likeness (QED) is 0.802. The number of carbonyl (C=O) groups excluding carboxylic acids is 2. The van der Waals surface area contributed by atoms with Gasteiger partial charge in [0.15, 0.2) is 0 Å². The molecule has 0 radical (unpaired) electrons. The van der Waals surface area contributed by atoms with Crippen molar-refractivity contribution in [2.45, 2.75) is 26.1 Å². The fourth-order valence-electron chi connectivity index (χ4n) is 2.94. The van der Waals surface area contributed by atoms with Crippen molar-refractivity contribution >= 4 is 11.9 Å². The third kappa shape index (κ3) is 4.15. The van der Waals surface area contributed by atoms with E-state index in [1.807, 2.05) is 10.7 Å². The van der Waals surface area contributed by atoms with E-state index in [9.17, 15) is 14.4 Å². The van der Waals surface area contributed by atoms with Crippen LogP contribution in [0.5, 0.6) is 0 Å². The largest absolute Gasteiger partial charge is 0.345 e. The minimum Gasteiger partial charge on any atom is -0.345 e. The first-order valence-corrected chi connectivity index (χ1v) is 8.69. The van der Waals surface area contributed by atoms with Crippen molar-refractivity contribution in [3.63, 3.8) is 0 Å². The Morgan fingerprint density at radius 1 is 1.22 bits per heavy atom. The van der Waals surface area contributed by atoms with E-state index in [0.717, 1.165) is 23.3 Å². The molecule has 10 nitrogen and oxygen atoms in total. The number of aryl methyl sites for hydroxylation is 2. The maximum absolute atomic E-state index is 12.2. The maximum Gasteiger partial charge on any atom is 0.319 e. The second-order valence-electron chi connectivity index (χ2n) is 6.67. The Morgan fingerprint density at radius 3 is 2.70 bits per heavy atom. The molecule has 0 aromatic carbocycles. The Bertz CT molecular complexity index is 915. The van der Waals surface area contributed by atoms with Gasteiger partial charge in [0.1, 0.15) is 5.69 Å². The number of urea groups is 1. The first kappa shape index (κ1) is 18.6. The Kier molecular flexibility index (Phi) is 5.24. The number of hydrogen-bond donors (Lipinski definition) is 1. The van der Waals surface area contributed by atoms with Crippen LogP contribution in [0.15, 0.2) is 23.0 Å². The normalized spacial score (nSPS) is 13.7. The van der Waals surface area contributed by atoms with Crippen LogP contribution in [0.2, 0.25) is 0 Å². The van der Waals surface area contributed by atoms with Crippen molar-refractivity contribution in [1.82, 2.24) is 34.7 Å². The van der Waals surface area contributed by atoms with Crippen LogP contribution in [0.1, 0.15) is 28.3 Å². The summed E-state index contributed by atoms with van der Waals surface area (Å²) in [7, 11) is 4.96. The predicted molar refractivity (Wildman–Crippen MR) is 97.0 cm³/mol. The van der Waals surface area contributed by atoms with Crippen molar-refractivity contribution in [1.29, 1.82) is 0 Å². The van der Waals surface area contributed by atoms with Crippen LogP contribution in [0, 0.1) is 0 Å². The zero-order valence-electron chi connectivity index (χ0n) is 15.7. The van der Waals surface area contributed by atoms with Gasteiger partial charge in [-0.2, -0.15) is 10.2 Å². The summed E-state index contributed by atoms with van der Waals surface area (Å²) in [6, 6.07) is 4.57. The summed E-state index contributed by atoms with van der Waals surface area (Å²) in [4.78, 5) is 39.1. The number of amides is 3. The van der Waals surface area contributed by atoms with Gasteiger partial charge in [0.25, 0.3) is 11.5 Å². The Balaban J connectivity index is 1.66. The molecule has 2 aromatic rings. The highest BCUT2D eigenvalue weighted by atomic mass is 16.2. The number of fused-ring (bicyclic) bond motifs is 1. The van der Waals surface area contributed by atoms with E-state index in [1.165, 1.54) is 19.2 Å². The van der Waals surface area contributed by atoms with Gasteiger partial charge < -0.3 is 15.1 Å². The first-order chi connectivity index (χ1) is 12.8. The van der Waals surface area contributed by atoms with E-state index in [1.54, 1.807) is 23.9 Å². The lowest BCUT2D eigenvalue weighted by Crippen LogP contribution is -2.38. The summed E-state index contributed by atoms with van der Waals surface area (Å²) in [5.41, 5.74) is 1.54. The molecule has 27 heavy (non-hydrogen) atoms. The molecule has 0 unspecified atom stereocenters. The molecular formula is C17H23N7O3. The third-order valence-electron chi connectivity index (χ3n) is 4.34. The zero-order valence-corrected chi connectivity index (χ0v) is 15.7. The van der Waals surface area contributed by atoms with Crippen molar-refractivity contribution in [3.05, 3.63) is 45.6 Å². The predicted octanol–water partition coefficient (Wildman–Crippen LogP) is -0.206. The van der Waals surface area contributed by atoms with Gasteiger partial charge >= 0.3 is 6.03 Å². The monoisotopic (exact) mass is 373 g/mol. The summed E-state index contributed by atoms with van der Waals surface area (Å²) in [6.07, 6.45) is 0.821. The van der Waals surface area contributed by atoms with Crippen LogP contribution in [0.3, 0.4) is 0 Å². The molecule has 3 amide bonds. The number of hydrogen-bond acceptors (Lipinski definition) is 5. The first-order valence-electron chi connectivity index (χ1n) is 8.69. The average Bonchev–Trinajstić information content (AvgIpc) is 2.91. The molecule has 0 fully saturated rings. The van der Waals surface area contributed by atoms with E-state index in [4.69, 9.17) is 0 Å². The summed E-state index contributed by atoms with van der Waals surface area (Å²) in [6.45, 7) is 2.14. The summed E-state index contributed by atoms with van der Waals surface area (Å²) in [5.74, 6) is -0.377. The van der Waals surface area contributed by atoms with Gasteiger partial charge in [0, 0.05) is 40.3 Å². The number of carbonyl (C=O) groups is 2. The van der Waals surface area contributed by atoms with Gasteiger partial charge in [0.2, 0.25) is 0 Å². The highest BCUT2D eigenvalue weighted by molar-refractivity contribution is 5.91. The minimum atomic E-state index is -0.377. The molecule has 0 saturated heterocycles. The number of rotatable bonds is 3. The van der Waals surface area contributed by atoms with Crippen LogP contribution < -0.4 is 10.9 Å². The van der Waals surface area contributed by atoms with Gasteiger partial charge in [-0.1, -0.05) is 0 Å². The molecular weight excluding hydrogens is 350 g/mol. The molecule has 0 spiro atoms. The number of nitrogens with zero attached hydrogens (tertiary/aromatic N) is 6. The van der Waals surface area contributed by atoms with Crippen molar-refractivity contribution in [3.8, 4) is 0 Å². The van der Waals surface area contributed by atoms with Crippen LogP contribution in [0.25, 0.3) is 0 Å². The Hall–Kier alpha value is -3.17. The summed E-state index contributed by atoms with van der Waals surface area (Å²) >= 11 is 0. The van der Waals surface area contributed by atoms with Crippen molar-refractivity contribution < 1.29 is 9.59 Å². The van der Waals surface area contributed by atoms with Crippen LogP contribution in [-0.4, -0.2) is 61.9 Å². The molecule has 3 rings (SSSR count). The second-order valence-corrected chi connectivity index (χ2v) is 6.67. The molecule has 2 aromatic heterocycles. The maximum atomic E-state index is 12.2. The lowest BCUT2D eigenvalue weighted by molar-refractivity contribution is 0.0943. The zero-order chi connectivity index (χ0) is 19.6. The molecule has 0 atom stereocenters. The number of nitrogens with one attached hydrogen (secondary N) is 1. The fraction of sp³-hybridized carbons (Fsp3) is 0.471. The molecule has 1 N–H and O–H groups in total. The van der Waals surface area contributed by atoms with E-state index in [0.29, 0.717) is 18.8 Å². The van der Waals surface area contributed by atoms with Gasteiger partial charge in [-0.25, -0.2) is 9.48 Å². The van der Waals surface area contributed by atoms with E-state index >= 15 is 0 Å². The molecule has 144 valence electrons. The third-order valence-corrected chi connectivity index (χ3v) is 4.34. The SMILES string of the molecule is CN(C)C(=O)N1CCCn2nc(CNC(=O)c3ccc(=O)n(C)n3)cc2C1. The molecule has 10 heteroatoms. The lowest BCUT2D eigenvalue weighted by Gasteiger charge is -2.23. The van der Waals surface area contributed by atoms with Gasteiger partial charge in [0.05, 0.1) is 24.5 Å². The highest BCUT2D eigenvalue weighted by Crippen LogP contribution is 2.15. The number of aromatic nitrogens is 4. The average molecular weight is 373 g/mol. The molecule has 1 aliphatic heterocycles. The van der Waals surface area contributed by atoms with E-state index < -0.39 is 0 Å². The molecule has 0 saturated carbocycles. The molecule has 0 bridgehead atoms. The van der Waals surface area contributed by atoms with Crippen LogP contribution >= 0.6 is 0 Å². The summed E-state index contributed by atoms with van der Waals surface area (Å²) in [5, 5.41) is 11.2. The van der Waals surface area contributed by atoms with E-state index in [2.05, 4.69) is 15.5 Å². The smallest absolute Gasteiger partial charge is 0.319 e. The Labute approximate surface area is 156 Å².